The van der Waals surface area contributed by atoms with Crippen molar-refractivity contribution >= 4 is 36.2 Å². The third kappa shape index (κ3) is 9.24. The predicted octanol–water partition coefficient (Wildman–Crippen LogP) is 3.09. The highest BCUT2D eigenvalue weighted by Gasteiger charge is 2.10. The van der Waals surface area contributed by atoms with E-state index >= 15 is 0 Å². The molecule has 0 spiro atoms. The van der Waals surface area contributed by atoms with E-state index in [2.05, 4.69) is 21.1 Å². The number of benzene rings is 2. The number of hydrazone groups is 2. The Labute approximate surface area is 227 Å². The third-order valence-corrected chi connectivity index (χ3v) is 4.61. The number of rotatable bonds is 8. The van der Waals surface area contributed by atoms with Crippen molar-refractivity contribution in [3.63, 3.8) is 0 Å². The number of aromatic carboxylic acids is 2. The van der Waals surface area contributed by atoms with E-state index in [0.717, 1.165) is 7.11 Å². The lowest BCUT2D eigenvalue weighted by Gasteiger charge is -1.99. The Hall–Kier alpha value is -5.82. The van der Waals surface area contributed by atoms with Gasteiger partial charge in [0.25, 0.3) is 0 Å². The molecule has 0 bridgehead atoms. The molecular weight excluding hydrogens is 524 g/mol. The first-order valence-electron chi connectivity index (χ1n) is 11.2. The SMILES string of the molecule is CO.O=C(N/N=C/c1ccccc1C(=O)O)c1ccco1.O=C(N/N=C/c1ccccc1C(=O)O)c1ccco1. The normalized spacial score (nSPS) is 10.2. The van der Waals surface area contributed by atoms with Crippen LogP contribution in [-0.2, 0) is 0 Å². The average molecular weight is 549 g/mol. The zero-order chi connectivity index (χ0) is 29.3. The highest BCUT2D eigenvalue weighted by molar-refractivity contribution is 6.00. The molecule has 0 unspecified atom stereocenters. The van der Waals surface area contributed by atoms with Crippen molar-refractivity contribution in [1.29, 1.82) is 0 Å². The summed E-state index contributed by atoms with van der Waals surface area (Å²) in [5, 5.41) is 32.3. The van der Waals surface area contributed by atoms with E-state index in [9.17, 15) is 19.2 Å². The van der Waals surface area contributed by atoms with Gasteiger partial charge in [-0.2, -0.15) is 10.2 Å². The monoisotopic (exact) mass is 548 g/mol. The molecule has 5 N–H and O–H groups in total. The number of aliphatic hydroxyl groups is 1. The highest BCUT2D eigenvalue weighted by atomic mass is 16.4. The van der Waals surface area contributed by atoms with Crippen molar-refractivity contribution in [3.05, 3.63) is 119 Å². The molecule has 2 aromatic heterocycles. The number of amides is 2. The molecule has 13 nitrogen and oxygen atoms in total. The molecular formula is C27H24N4O9. The maximum atomic E-state index is 11.5. The van der Waals surface area contributed by atoms with Crippen LogP contribution in [0.2, 0.25) is 0 Å². The molecule has 206 valence electrons. The van der Waals surface area contributed by atoms with Crippen molar-refractivity contribution in [2.75, 3.05) is 7.11 Å². The van der Waals surface area contributed by atoms with Crippen molar-refractivity contribution in [2.24, 2.45) is 10.2 Å². The molecule has 0 aliphatic heterocycles. The quantitative estimate of drug-likeness (QED) is 0.162. The zero-order valence-electron chi connectivity index (χ0n) is 20.9. The number of carbonyl (C=O) groups is 4. The summed E-state index contributed by atoms with van der Waals surface area (Å²) in [4.78, 5) is 44.8. The lowest BCUT2D eigenvalue weighted by molar-refractivity contribution is 0.0686. The van der Waals surface area contributed by atoms with Gasteiger partial charge in [-0.15, -0.1) is 0 Å². The van der Waals surface area contributed by atoms with Crippen molar-refractivity contribution in [1.82, 2.24) is 10.9 Å². The van der Waals surface area contributed by atoms with Gasteiger partial charge in [0.2, 0.25) is 0 Å². The number of carbonyl (C=O) groups excluding carboxylic acids is 2. The molecule has 4 rings (SSSR count). The number of hydrogen-bond acceptors (Lipinski definition) is 9. The van der Waals surface area contributed by atoms with Gasteiger partial charge in [-0.3, -0.25) is 9.59 Å². The molecule has 0 aliphatic rings. The van der Waals surface area contributed by atoms with Gasteiger partial charge in [0.1, 0.15) is 0 Å². The van der Waals surface area contributed by atoms with Crippen LogP contribution in [0, 0.1) is 0 Å². The molecule has 0 radical (unpaired) electrons. The second-order valence-corrected chi connectivity index (χ2v) is 7.14. The molecule has 4 aromatic rings. The summed E-state index contributed by atoms with van der Waals surface area (Å²) in [6.45, 7) is 0. The van der Waals surface area contributed by atoms with Gasteiger partial charge >= 0.3 is 23.8 Å². The molecule has 0 saturated carbocycles. The van der Waals surface area contributed by atoms with Crippen LogP contribution in [0.4, 0.5) is 0 Å². The van der Waals surface area contributed by atoms with Crippen LogP contribution in [-0.4, -0.2) is 58.6 Å². The Bertz CT molecular complexity index is 1350. The van der Waals surface area contributed by atoms with Crippen LogP contribution in [0.5, 0.6) is 0 Å². The number of aliphatic hydroxyl groups excluding tert-OH is 1. The van der Waals surface area contributed by atoms with Gasteiger partial charge in [0, 0.05) is 18.2 Å². The molecule has 2 aromatic carbocycles. The third-order valence-electron chi connectivity index (χ3n) is 4.61. The Balaban J connectivity index is 0.000000264. The Morgan fingerprint density at radius 3 is 1.32 bits per heavy atom. The van der Waals surface area contributed by atoms with Crippen LogP contribution in [0.25, 0.3) is 0 Å². The lowest BCUT2D eigenvalue weighted by Crippen LogP contribution is -2.17. The van der Waals surface area contributed by atoms with E-state index in [4.69, 9.17) is 24.2 Å². The molecule has 0 fully saturated rings. The fourth-order valence-electron chi connectivity index (χ4n) is 2.86. The van der Waals surface area contributed by atoms with Gasteiger partial charge in [-0.1, -0.05) is 36.4 Å². The van der Waals surface area contributed by atoms with Crippen LogP contribution in [0.15, 0.2) is 104 Å². The Morgan fingerprint density at radius 2 is 1.00 bits per heavy atom. The fraction of sp³-hybridized carbons (Fsp3) is 0.0370. The Morgan fingerprint density at radius 1 is 0.625 bits per heavy atom. The zero-order valence-corrected chi connectivity index (χ0v) is 20.9. The van der Waals surface area contributed by atoms with Crippen molar-refractivity contribution in [2.45, 2.75) is 0 Å². The van der Waals surface area contributed by atoms with Gasteiger partial charge in [0.15, 0.2) is 11.5 Å². The summed E-state index contributed by atoms with van der Waals surface area (Å²) < 4.78 is 9.76. The van der Waals surface area contributed by atoms with E-state index in [1.54, 1.807) is 48.5 Å². The van der Waals surface area contributed by atoms with Gasteiger partial charge in [-0.05, 0) is 36.4 Å². The molecule has 13 heteroatoms. The molecule has 2 heterocycles. The molecule has 0 aliphatic carbocycles. The number of carboxylic acid groups (broad SMARTS) is 2. The summed E-state index contributed by atoms with van der Waals surface area (Å²) >= 11 is 0. The molecule has 0 atom stereocenters. The van der Waals surface area contributed by atoms with E-state index in [1.165, 1.54) is 49.2 Å². The number of hydrogen-bond donors (Lipinski definition) is 5. The molecule has 2 amide bonds. The lowest BCUT2D eigenvalue weighted by atomic mass is 10.1. The number of nitrogens with zero attached hydrogens (tertiary/aromatic N) is 2. The first kappa shape index (κ1) is 30.4. The number of furan rings is 2. The number of nitrogens with one attached hydrogen (secondary N) is 2. The molecule has 0 saturated heterocycles. The van der Waals surface area contributed by atoms with Crippen LogP contribution in [0.1, 0.15) is 53.0 Å². The van der Waals surface area contributed by atoms with E-state index in [1.807, 2.05) is 0 Å². The summed E-state index contributed by atoms with van der Waals surface area (Å²) in [5.74, 6) is -2.87. The summed E-state index contributed by atoms with van der Waals surface area (Å²) in [7, 11) is 1.00. The largest absolute Gasteiger partial charge is 0.478 e. The maximum absolute atomic E-state index is 11.5. The fourth-order valence-corrected chi connectivity index (χ4v) is 2.86. The topological polar surface area (TPSA) is 204 Å². The van der Waals surface area contributed by atoms with Gasteiger partial charge in [-0.25, -0.2) is 20.4 Å². The predicted molar refractivity (Wildman–Crippen MR) is 142 cm³/mol. The maximum Gasteiger partial charge on any atom is 0.336 e. The second-order valence-electron chi connectivity index (χ2n) is 7.14. The first-order valence-corrected chi connectivity index (χ1v) is 11.2. The Kier molecular flexibility index (Phi) is 12.2. The van der Waals surface area contributed by atoms with Crippen molar-refractivity contribution in [3.8, 4) is 0 Å². The minimum atomic E-state index is -1.06. The highest BCUT2D eigenvalue weighted by Crippen LogP contribution is 2.07. The first-order chi connectivity index (χ1) is 19.4. The summed E-state index contributed by atoms with van der Waals surface area (Å²) in [5.41, 5.74) is 5.50. The van der Waals surface area contributed by atoms with Crippen LogP contribution >= 0.6 is 0 Å². The van der Waals surface area contributed by atoms with Crippen LogP contribution < -0.4 is 10.9 Å². The molecule has 40 heavy (non-hydrogen) atoms. The minimum Gasteiger partial charge on any atom is -0.478 e. The summed E-state index contributed by atoms with van der Waals surface area (Å²) in [6.07, 6.45) is 5.28. The standard InChI is InChI=1S/2C13H10N2O4.CH4O/c2*16-12(11-6-3-7-19-11)15-14-8-9-4-1-2-5-10(9)13(17)18;1-2/h2*1-8H,(H,15,16)(H,17,18);2H,1H3/b2*14-8+;. The summed E-state index contributed by atoms with van der Waals surface area (Å²) in [6, 6.07) is 18.8. The van der Waals surface area contributed by atoms with Gasteiger partial charge < -0.3 is 24.2 Å². The van der Waals surface area contributed by atoms with Gasteiger partial charge in [0.05, 0.1) is 36.1 Å². The van der Waals surface area contributed by atoms with E-state index in [0.29, 0.717) is 11.1 Å². The average Bonchev–Trinajstić information content (AvgIpc) is 3.70. The van der Waals surface area contributed by atoms with Crippen molar-refractivity contribution < 1.29 is 43.3 Å². The van der Waals surface area contributed by atoms with E-state index < -0.39 is 23.8 Å². The second kappa shape index (κ2) is 16.1. The smallest absolute Gasteiger partial charge is 0.336 e. The van der Waals surface area contributed by atoms with Crippen LogP contribution in [0.3, 0.4) is 0 Å². The minimum absolute atomic E-state index is 0.110. The number of carboxylic acids is 2. The van der Waals surface area contributed by atoms with E-state index in [-0.39, 0.29) is 22.6 Å².